The van der Waals surface area contributed by atoms with Crippen LogP contribution in [-0.2, 0) is 4.74 Å². The normalized spacial score (nSPS) is 13.5. The Bertz CT molecular complexity index is 423. The van der Waals surface area contributed by atoms with E-state index >= 15 is 0 Å². The van der Waals surface area contributed by atoms with Gasteiger partial charge in [0.1, 0.15) is 5.82 Å². The minimum atomic E-state index is -0.363. The van der Waals surface area contributed by atoms with Crippen LogP contribution in [0.5, 0.6) is 0 Å². The van der Waals surface area contributed by atoms with Crippen molar-refractivity contribution >= 4 is 11.6 Å². The van der Waals surface area contributed by atoms with E-state index in [-0.39, 0.29) is 22.5 Å². The van der Waals surface area contributed by atoms with Crippen molar-refractivity contribution in [1.82, 2.24) is 5.32 Å². The predicted molar refractivity (Wildman–Crippen MR) is 82.8 cm³/mol. The molecular weight excluding hydrogens is 277 g/mol. The van der Waals surface area contributed by atoms with E-state index in [0.29, 0.717) is 0 Å². The maximum atomic E-state index is 13.6. The van der Waals surface area contributed by atoms with Crippen molar-refractivity contribution in [3.8, 4) is 0 Å². The zero-order valence-electron chi connectivity index (χ0n) is 12.8. The van der Waals surface area contributed by atoms with Crippen molar-refractivity contribution < 1.29 is 9.13 Å². The Morgan fingerprint density at radius 3 is 2.70 bits per heavy atom. The molecule has 1 atom stereocenters. The van der Waals surface area contributed by atoms with Gasteiger partial charge in [-0.3, -0.25) is 0 Å². The Kier molecular flexibility index (Phi) is 6.93. The summed E-state index contributed by atoms with van der Waals surface area (Å²) in [7, 11) is 1.71. The quantitative estimate of drug-likeness (QED) is 0.750. The summed E-state index contributed by atoms with van der Waals surface area (Å²) in [5.41, 5.74) is 0.637. The molecule has 1 rings (SSSR count). The van der Waals surface area contributed by atoms with E-state index in [0.717, 1.165) is 31.4 Å². The van der Waals surface area contributed by atoms with Crippen LogP contribution in [0, 0.1) is 5.82 Å². The number of hydrogen-bond donors (Lipinski definition) is 1. The summed E-state index contributed by atoms with van der Waals surface area (Å²) < 4.78 is 19.1. The van der Waals surface area contributed by atoms with E-state index in [1.165, 1.54) is 6.07 Å². The van der Waals surface area contributed by atoms with E-state index < -0.39 is 0 Å². The number of hydrogen-bond acceptors (Lipinski definition) is 2. The lowest BCUT2D eigenvalue weighted by molar-refractivity contribution is 0.0117. The Morgan fingerprint density at radius 2 is 2.10 bits per heavy atom. The first-order chi connectivity index (χ1) is 9.41. The predicted octanol–water partition coefficient (Wildman–Crippen LogP) is 4.73. The van der Waals surface area contributed by atoms with E-state index in [4.69, 9.17) is 16.3 Å². The van der Waals surface area contributed by atoms with Crippen molar-refractivity contribution in [2.24, 2.45) is 0 Å². The Hall–Kier alpha value is -0.640. The smallest absolute Gasteiger partial charge is 0.142 e. The van der Waals surface area contributed by atoms with Crippen LogP contribution in [-0.4, -0.2) is 19.3 Å². The fraction of sp³-hybridized carbons (Fsp3) is 0.625. The Balaban J connectivity index is 2.86. The third-order valence-electron chi connectivity index (χ3n) is 3.59. The topological polar surface area (TPSA) is 21.3 Å². The van der Waals surface area contributed by atoms with Crippen molar-refractivity contribution in [2.75, 3.05) is 13.7 Å². The van der Waals surface area contributed by atoms with Crippen molar-refractivity contribution in [3.05, 3.63) is 34.6 Å². The first-order valence-corrected chi connectivity index (χ1v) is 7.51. The number of benzene rings is 1. The highest BCUT2D eigenvalue weighted by atomic mass is 35.5. The van der Waals surface area contributed by atoms with Crippen LogP contribution < -0.4 is 5.32 Å². The van der Waals surface area contributed by atoms with Gasteiger partial charge in [0.25, 0.3) is 0 Å². The molecule has 0 amide bonds. The molecule has 0 spiro atoms. The van der Waals surface area contributed by atoms with Gasteiger partial charge in [-0.25, -0.2) is 4.39 Å². The van der Waals surface area contributed by atoms with E-state index in [9.17, 15) is 4.39 Å². The van der Waals surface area contributed by atoms with Gasteiger partial charge in [0.15, 0.2) is 0 Å². The number of halogens is 2. The molecule has 2 nitrogen and oxygen atoms in total. The lowest BCUT2D eigenvalue weighted by Gasteiger charge is -2.27. The number of nitrogens with one attached hydrogen (secondary N) is 1. The first kappa shape index (κ1) is 17.4. The van der Waals surface area contributed by atoms with Gasteiger partial charge in [-0.1, -0.05) is 30.7 Å². The number of methoxy groups -OCH3 is 1. The van der Waals surface area contributed by atoms with Gasteiger partial charge in [0, 0.05) is 13.2 Å². The summed E-state index contributed by atoms with van der Waals surface area (Å²) >= 11 is 6.10. The SMILES string of the molecule is CCCNC(CCC(C)(C)OC)c1cccc(F)c1Cl. The number of ether oxygens (including phenoxy) is 1. The van der Waals surface area contributed by atoms with Gasteiger partial charge in [-0.2, -0.15) is 0 Å². The van der Waals surface area contributed by atoms with Crippen molar-refractivity contribution in [3.63, 3.8) is 0 Å². The molecule has 114 valence electrons. The molecule has 0 aromatic heterocycles. The van der Waals surface area contributed by atoms with E-state index in [1.54, 1.807) is 13.2 Å². The molecule has 4 heteroatoms. The highest BCUT2D eigenvalue weighted by Crippen LogP contribution is 2.30. The van der Waals surface area contributed by atoms with Gasteiger partial charge < -0.3 is 10.1 Å². The fourth-order valence-corrected chi connectivity index (χ4v) is 2.33. The molecule has 1 aromatic rings. The van der Waals surface area contributed by atoms with Crippen LogP contribution in [0.3, 0.4) is 0 Å². The zero-order chi connectivity index (χ0) is 15.2. The summed E-state index contributed by atoms with van der Waals surface area (Å²) in [5, 5.41) is 3.66. The van der Waals surface area contributed by atoms with E-state index in [2.05, 4.69) is 26.1 Å². The summed E-state index contributed by atoms with van der Waals surface area (Å²) in [4.78, 5) is 0. The third kappa shape index (κ3) is 5.04. The largest absolute Gasteiger partial charge is 0.379 e. The standard InChI is InChI=1S/C16H25ClFNO/c1-5-11-19-14(9-10-16(2,3)20-4)12-7-6-8-13(18)15(12)17/h6-8,14,19H,5,9-11H2,1-4H3. The molecule has 1 aromatic carbocycles. The maximum absolute atomic E-state index is 13.6. The van der Waals surface area contributed by atoms with Gasteiger partial charge in [0.05, 0.1) is 10.6 Å². The van der Waals surface area contributed by atoms with Crippen LogP contribution in [0.2, 0.25) is 5.02 Å². The average Bonchev–Trinajstić information content (AvgIpc) is 2.43. The molecule has 1 N–H and O–H groups in total. The van der Waals surface area contributed by atoms with Crippen LogP contribution in [0.4, 0.5) is 4.39 Å². The molecule has 0 radical (unpaired) electrons. The van der Waals surface area contributed by atoms with Crippen LogP contribution in [0.1, 0.15) is 51.6 Å². The molecule has 0 aliphatic carbocycles. The monoisotopic (exact) mass is 301 g/mol. The third-order valence-corrected chi connectivity index (χ3v) is 3.98. The van der Waals surface area contributed by atoms with Crippen molar-refractivity contribution in [1.29, 1.82) is 0 Å². The first-order valence-electron chi connectivity index (χ1n) is 7.13. The molecule has 0 aliphatic heterocycles. The minimum absolute atomic E-state index is 0.0487. The Morgan fingerprint density at radius 1 is 1.40 bits per heavy atom. The minimum Gasteiger partial charge on any atom is -0.379 e. The highest BCUT2D eigenvalue weighted by Gasteiger charge is 2.22. The summed E-state index contributed by atoms with van der Waals surface area (Å²) in [6.45, 7) is 7.09. The van der Waals surface area contributed by atoms with Gasteiger partial charge in [-0.15, -0.1) is 0 Å². The highest BCUT2D eigenvalue weighted by molar-refractivity contribution is 6.31. The van der Waals surface area contributed by atoms with Gasteiger partial charge >= 0.3 is 0 Å². The lowest BCUT2D eigenvalue weighted by atomic mass is 9.94. The van der Waals surface area contributed by atoms with Crippen LogP contribution in [0.25, 0.3) is 0 Å². The zero-order valence-corrected chi connectivity index (χ0v) is 13.6. The second-order valence-electron chi connectivity index (χ2n) is 5.65. The van der Waals surface area contributed by atoms with Crippen molar-refractivity contribution in [2.45, 2.75) is 51.7 Å². The second kappa shape index (κ2) is 7.96. The molecule has 0 heterocycles. The lowest BCUT2D eigenvalue weighted by Crippen LogP contribution is -2.28. The molecular formula is C16H25ClFNO. The number of rotatable bonds is 8. The average molecular weight is 302 g/mol. The fourth-order valence-electron chi connectivity index (χ4n) is 2.07. The molecule has 0 saturated carbocycles. The molecule has 1 unspecified atom stereocenters. The maximum Gasteiger partial charge on any atom is 0.142 e. The van der Waals surface area contributed by atoms with Gasteiger partial charge in [0.2, 0.25) is 0 Å². The second-order valence-corrected chi connectivity index (χ2v) is 6.03. The van der Waals surface area contributed by atoms with E-state index in [1.807, 2.05) is 6.07 Å². The molecule has 0 bridgehead atoms. The summed E-state index contributed by atoms with van der Waals surface area (Å²) in [6, 6.07) is 5.03. The molecule has 20 heavy (non-hydrogen) atoms. The van der Waals surface area contributed by atoms with Gasteiger partial charge in [-0.05, 0) is 51.3 Å². The van der Waals surface area contributed by atoms with Crippen LogP contribution in [0.15, 0.2) is 18.2 Å². The molecule has 0 saturated heterocycles. The summed E-state index contributed by atoms with van der Waals surface area (Å²) in [5.74, 6) is -0.363. The summed E-state index contributed by atoms with van der Waals surface area (Å²) in [6.07, 6.45) is 2.75. The Labute approximate surface area is 126 Å². The molecule has 0 aliphatic rings. The van der Waals surface area contributed by atoms with Crippen LogP contribution >= 0.6 is 11.6 Å². The molecule has 0 fully saturated rings.